The number of carbonyl (C=O) groups excluding carboxylic acids is 2. The molecule has 1 aliphatic heterocycles. The molecule has 0 bridgehead atoms. The van der Waals surface area contributed by atoms with E-state index in [1.165, 1.54) is 0 Å². The van der Waals surface area contributed by atoms with E-state index in [0.29, 0.717) is 6.67 Å². The molecule has 0 radical (unpaired) electrons. The fourth-order valence-electron chi connectivity index (χ4n) is 3.29. The van der Waals surface area contributed by atoms with Gasteiger partial charge < -0.3 is 10.6 Å². The van der Waals surface area contributed by atoms with Crippen molar-refractivity contribution in [3.05, 3.63) is 0 Å². The van der Waals surface area contributed by atoms with Crippen molar-refractivity contribution in [2.45, 2.75) is 32.6 Å². The lowest BCUT2D eigenvalue weighted by Gasteiger charge is -2.27. The lowest BCUT2D eigenvalue weighted by atomic mass is 9.80. The highest BCUT2D eigenvalue weighted by atomic mass is 16.2. The van der Waals surface area contributed by atoms with Crippen LogP contribution in [-0.2, 0) is 9.59 Å². The van der Waals surface area contributed by atoms with Crippen LogP contribution >= 0.6 is 0 Å². The first-order valence-electron chi connectivity index (χ1n) is 7.97. The molecule has 1 aliphatic carbocycles. The molecule has 6 nitrogen and oxygen atoms in total. The van der Waals surface area contributed by atoms with Crippen LogP contribution in [0.25, 0.3) is 0 Å². The largest absolute Gasteiger partial charge is 0.343 e. The van der Waals surface area contributed by atoms with Gasteiger partial charge in [0.25, 0.3) is 0 Å². The number of carbonyl (C=O) groups is 2. The highest BCUT2D eigenvalue weighted by Gasteiger charge is 2.28. The summed E-state index contributed by atoms with van der Waals surface area (Å²) in [5, 5.41) is 6.20. The molecular weight excluding hydrogens is 268 g/mol. The predicted octanol–water partition coefficient (Wildman–Crippen LogP) is 0.208. The standard InChI is InChI=1S/C15H28N4O2/c1-12(20)13-3-5-14(6-4-13)15(21)17-10-19-8-7-18(11-19)9-16-2/h13-14,16H,3-11H2,1-2H3,(H,17,21). The van der Waals surface area contributed by atoms with Crippen molar-refractivity contribution < 1.29 is 9.59 Å². The second-order valence-corrected chi connectivity index (χ2v) is 6.30. The average Bonchev–Trinajstić information content (AvgIpc) is 2.93. The van der Waals surface area contributed by atoms with Crippen LogP contribution in [0.5, 0.6) is 0 Å². The Bertz CT molecular complexity index is 367. The molecule has 120 valence electrons. The first kappa shape index (κ1) is 16.4. The zero-order valence-corrected chi connectivity index (χ0v) is 13.2. The molecule has 1 heterocycles. The summed E-state index contributed by atoms with van der Waals surface area (Å²) in [5.74, 6) is 0.707. The molecule has 1 saturated heterocycles. The number of rotatable bonds is 6. The lowest BCUT2D eigenvalue weighted by Crippen LogP contribution is -2.41. The molecule has 2 rings (SSSR count). The van der Waals surface area contributed by atoms with Gasteiger partial charge in [-0.2, -0.15) is 0 Å². The van der Waals surface area contributed by atoms with Gasteiger partial charge in [-0.25, -0.2) is 0 Å². The van der Waals surface area contributed by atoms with Crippen molar-refractivity contribution in [3.8, 4) is 0 Å². The number of hydrogen-bond acceptors (Lipinski definition) is 5. The van der Waals surface area contributed by atoms with Gasteiger partial charge in [-0.3, -0.25) is 19.4 Å². The zero-order chi connectivity index (χ0) is 15.2. The van der Waals surface area contributed by atoms with Crippen molar-refractivity contribution in [3.63, 3.8) is 0 Å². The van der Waals surface area contributed by atoms with E-state index in [0.717, 1.165) is 52.1 Å². The van der Waals surface area contributed by atoms with Crippen LogP contribution in [0.15, 0.2) is 0 Å². The molecule has 21 heavy (non-hydrogen) atoms. The van der Waals surface area contributed by atoms with Crippen molar-refractivity contribution in [1.82, 2.24) is 20.4 Å². The molecule has 1 amide bonds. The van der Waals surface area contributed by atoms with Crippen molar-refractivity contribution in [1.29, 1.82) is 0 Å². The van der Waals surface area contributed by atoms with E-state index in [4.69, 9.17) is 0 Å². The number of ketones is 1. The predicted molar refractivity (Wildman–Crippen MR) is 81.3 cm³/mol. The molecule has 2 N–H and O–H groups in total. The summed E-state index contributed by atoms with van der Waals surface area (Å²) in [6, 6.07) is 0. The van der Waals surface area contributed by atoms with Gasteiger partial charge in [-0.05, 0) is 39.7 Å². The molecule has 0 aromatic rings. The summed E-state index contributed by atoms with van der Waals surface area (Å²) in [4.78, 5) is 28.1. The Labute approximate surface area is 127 Å². The molecule has 0 aromatic heterocycles. The molecular formula is C15H28N4O2. The number of amides is 1. The van der Waals surface area contributed by atoms with E-state index in [-0.39, 0.29) is 23.5 Å². The van der Waals surface area contributed by atoms with Gasteiger partial charge in [0.1, 0.15) is 5.78 Å². The van der Waals surface area contributed by atoms with Gasteiger partial charge in [0, 0.05) is 31.6 Å². The van der Waals surface area contributed by atoms with Gasteiger partial charge in [0.2, 0.25) is 5.91 Å². The molecule has 1 saturated carbocycles. The maximum Gasteiger partial charge on any atom is 0.224 e. The quantitative estimate of drug-likeness (QED) is 0.733. The first-order chi connectivity index (χ1) is 10.1. The lowest BCUT2D eigenvalue weighted by molar-refractivity contribution is -0.129. The van der Waals surface area contributed by atoms with Crippen LogP contribution in [0, 0.1) is 11.8 Å². The zero-order valence-electron chi connectivity index (χ0n) is 13.2. The number of nitrogens with zero attached hydrogens (tertiary/aromatic N) is 2. The van der Waals surface area contributed by atoms with Gasteiger partial charge in [-0.1, -0.05) is 0 Å². The Hall–Kier alpha value is -0.980. The summed E-state index contributed by atoms with van der Waals surface area (Å²) in [6.07, 6.45) is 3.43. The van der Waals surface area contributed by atoms with Crippen LogP contribution in [-0.4, -0.2) is 61.6 Å². The second kappa shape index (κ2) is 7.87. The van der Waals surface area contributed by atoms with E-state index < -0.39 is 0 Å². The smallest absolute Gasteiger partial charge is 0.224 e. The molecule has 0 unspecified atom stereocenters. The molecule has 0 spiro atoms. The van der Waals surface area contributed by atoms with Crippen LogP contribution in [0.1, 0.15) is 32.6 Å². The summed E-state index contributed by atoms with van der Waals surface area (Å²) in [7, 11) is 1.95. The Balaban J connectivity index is 1.65. The Morgan fingerprint density at radius 1 is 1.00 bits per heavy atom. The minimum Gasteiger partial charge on any atom is -0.343 e. The summed E-state index contributed by atoms with van der Waals surface area (Å²) in [6.45, 7) is 6.12. The highest BCUT2D eigenvalue weighted by Crippen LogP contribution is 2.29. The second-order valence-electron chi connectivity index (χ2n) is 6.30. The van der Waals surface area contributed by atoms with Crippen molar-refractivity contribution >= 4 is 11.7 Å². The van der Waals surface area contributed by atoms with Crippen molar-refractivity contribution in [2.75, 3.05) is 40.1 Å². The Kier molecular flexibility index (Phi) is 6.14. The average molecular weight is 296 g/mol. The number of hydrogen-bond donors (Lipinski definition) is 2. The van der Waals surface area contributed by atoms with Crippen molar-refractivity contribution in [2.24, 2.45) is 11.8 Å². The maximum atomic E-state index is 12.2. The van der Waals surface area contributed by atoms with Gasteiger partial charge in [0.05, 0.1) is 13.3 Å². The molecule has 0 atom stereocenters. The van der Waals surface area contributed by atoms with Gasteiger partial charge >= 0.3 is 0 Å². The van der Waals surface area contributed by atoms with Gasteiger partial charge in [-0.15, -0.1) is 0 Å². The number of nitrogens with one attached hydrogen (secondary N) is 2. The van der Waals surface area contributed by atoms with E-state index >= 15 is 0 Å². The van der Waals surface area contributed by atoms with Crippen LogP contribution in [0.3, 0.4) is 0 Å². The third-order valence-electron chi connectivity index (χ3n) is 4.66. The summed E-state index contributed by atoms with van der Waals surface area (Å²) >= 11 is 0. The Morgan fingerprint density at radius 2 is 1.57 bits per heavy atom. The molecule has 2 fully saturated rings. The molecule has 2 aliphatic rings. The molecule has 0 aromatic carbocycles. The van der Waals surface area contributed by atoms with E-state index in [1.807, 2.05) is 7.05 Å². The minimum atomic E-state index is 0.0941. The van der Waals surface area contributed by atoms with Crippen LogP contribution < -0.4 is 10.6 Å². The third kappa shape index (κ3) is 4.76. The van der Waals surface area contributed by atoms with E-state index in [9.17, 15) is 9.59 Å². The first-order valence-corrected chi connectivity index (χ1v) is 7.97. The normalized spacial score (nSPS) is 27.7. The minimum absolute atomic E-state index is 0.0941. The topological polar surface area (TPSA) is 64.7 Å². The highest BCUT2D eigenvalue weighted by molar-refractivity contribution is 5.80. The fourth-order valence-corrected chi connectivity index (χ4v) is 3.29. The van der Waals surface area contributed by atoms with E-state index in [2.05, 4.69) is 20.4 Å². The monoisotopic (exact) mass is 296 g/mol. The van der Waals surface area contributed by atoms with Crippen LogP contribution in [0.2, 0.25) is 0 Å². The van der Waals surface area contributed by atoms with Gasteiger partial charge in [0.15, 0.2) is 0 Å². The summed E-state index contributed by atoms with van der Waals surface area (Å²) in [5.41, 5.74) is 0. The molecule has 6 heteroatoms. The third-order valence-corrected chi connectivity index (χ3v) is 4.66. The SMILES string of the molecule is CNCN1CCN(CNC(=O)C2CCC(C(C)=O)CC2)C1. The maximum absolute atomic E-state index is 12.2. The Morgan fingerprint density at radius 3 is 2.14 bits per heavy atom. The number of Topliss-reactive ketones (excluding diaryl/α,β-unsaturated/α-hetero) is 1. The summed E-state index contributed by atoms with van der Waals surface area (Å²) < 4.78 is 0. The fraction of sp³-hybridized carbons (Fsp3) is 0.867. The van der Waals surface area contributed by atoms with Crippen LogP contribution in [0.4, 0.5) is 0 Å². The van der Waals surface area contributed by atoms with E-state index in [1.54, 1.807) is 6.92 Å².